The molecule has 1 atom stereocenters. The molecule has 0 aliphatic heterocycles. The van der Waals surface area contributed by atoms with Gasteiger partial charge in [0.05, 0.1) is 0 Å². The van der Waals surface area contributed by atoms with Gasteiger partial charge in [-0.3, -0.25) is 4.55 Å². The summed E-state index contributed by atoms with van der Waals surface area (Å²) in [5.41, 5.74) is 0. The van der Waals surface area contributed by atoms with Gasteiger partial charge in [0.1, 0.15) is 5.37 Å². The molecule has 0 aliphatic rings. The van der Waals surface area contributed by atoms with Crippen molar-refractivity contribution in [2.45, 2.75) is 31.6 Å². The van der Waals surface area contributed by atoms with Crippen LogP contribution in [0.3, 0.4) is 0 Å². The fourth-order valence-electron chi connectivity index (χ4n) is 0.832. The fourth-order valence-corrected chi connectivity index (χ4v) is 1.59. The second-order valence-corrected chi connectivity index (χ2v) is 4.03. The van der Waals surface area contributed by atoms with Gasteiger partial charge >= 0.3 is 0 Å². The van der Waals surface area contributed by atoms with Crippen molar-refractivity contribution in [3.8, 4) is 0 Å². The summed E-state index contributed by atoms with van der Waals surface area (Å²) in [6.07, 6.45) is 2.19. The Labute approximate surface area is 67.7 Å². The largest absolute Gasteiger partial charge is 0.302 e. The third kappa shape index (κ3) is 4.34. The Morgan fingerprint density at radius 1 is 1.55 bits per heavy atom. The predicted octanol–water partition coefficient (Wildman–Crippen LogP) is 0.610. The maximum Gasteiger partial charge on any atom is 0.281 e. The first-order valence-corrected chi connectivity index (χ1v) is 5.16. The van der Waals surface area contributed by atoms with Crippen molar-refractivity contribution in [3.05, 3.63) is 0 Å². The summed E-state index contributed by atoms with van der Waals surface area (Å²) in [5, 5.41) is 1.74. The molecule has 5 heteroatoms. The van der Waals surface area contributed by atoms with E-state index in [1.165, 1.54) is 7.05 Å². The minimum absolute atomic E-state index is 0.464. The molecule has 0 saturated carbocycles. The fraction of sp³-hybridized carbons (Fsp3) is 1.00. The average Bonchev–Trinajstić information content (AvgIpc) is 1.87. The van der Waals surface area contributed by atoms with Gasteiger partial charge in [0.2, 0.25) is 0 Å². The topological polar surface area (TPSA) is 66.4 Å². The summed E-state index contributed by atoms with van der Waals surface area (Å²) in [6, 6.07) is 0. The van der Waals surface area contributed by atoms with Crippen LogP contribution in [0.1, 0.15) is 26.2 Å². The highest BCUT2D eigenvalue weighted by atomic mass is 32.2. The van der Waals surface area contributed by atoms with Crippen LogP contribution >= 0.6 is 0 Å². The Morgan fingerprint density at radius 2 is 2.09 bits per heavy atom. The normalized spacial score (nSPS) is 14.8. The number of hydrogen-bond acceptors (Lipinski definition) is 3. The highest BCUT2D eigenvalue weighted by molar-refractivity contribution is 7.86. The Hall–Kier alpha value is -0.130. The lowest BCUT2D eigenvalue weighted by Gasteiger charge is -2.10. The van der Waals surface area contributed by atoms with Gasteiger partial charge in [0.25, 0.3) is 10.1 Å². The van der Waals surface area contributed by atoms with Crippen molar-refractivity contribution in [1.29, 1.82) is 0 Å². The van der Waals surface area contributed by atoms with Crippen LogP contribution in [0.5, 0.6) is 0 Å². The molecule has 0 bridgehead atoms. The molecule has 0 fully saturated rings. The van der Waals surface area contributed by atoms with E-state index in [4.69, 9.17) is 4.55 Å². The summed E-state index contributed by atoms with van der Waals surface area (Å²) in [6.45, 7) is 1.97. The molecule has 68 valence electrons. The van der Waals surface area contributed by atoms with Crippen LogP contribution in [0.15, 0.2) is 0 Å². The molecule has 0 aromatic rings. The van der Waals surface area contributed by atoms with Crippen molar-refractivity contribution in [1.82, 2.24) is 5.32 Å². The molecule has 1 unspecified atom stereocenters. The molecule has 2 N–H and O–H groups in total. The van der Waals surface area contributed by atoms with E-state index >= 15 is 0 Å². The molecule has 0 radical (unpaired) electrons. The molecular formula is C6H15NO3S. The third-order valence-corrected chi connectivity index (χ3v) is 2.69. The summed E-state index contributed by atoms with van der Waals surface area (Å²) in [4.78, 5) is 0. The predicted molar refractivity (Wildman–Crippen MR) is 43.9 cm³/mol. The second kappa shape index (κ2) is 4.69. The minimum Gasteiger partial charge on any atom is -0.302 e. The van der Waals surface area contributed by atoms with E-state index < -0.39 is 15.5 Å². The molecule has 0 spiro atoms. The SMILES string of the molecule is CCCCC(NC)S(=O)(=O)O. The van der Waals surface area contributed by atoms with Crippen molar-refractivity contribution in [2.24, 2.45) is 0 Å². The van der Waals surface area contributed by atoms with Crippen LogP contribution < -0.4 is 5.32 Å². The van der Waals surface area contributed by atoms with Crippen LogP contribution in [0, 0.1) is 0 Å². The maximum absolute atomic E-state index is 10.6. The molecule has 0 aromatic carbocycles. The van der Waals surface area contributed by atoms with Crippen molar-refractivity contribution in [2.75, 3.05) is 7.05 Å². The summed E-state index contributed by atoms with van der Waals surface area (Å²) in [7, 11) is -2.38. The number of unbranched alkanes of at least 4 members (excludes halogenated alkanes) is 1. The van der Waals surface area contributed by atoms with Gasteiger partial charge in [-0.15, -0.1) is 0 Å². The van der Waals surface area contributed by atoms with Gasteiger partial charge in [0, 0.05) is 0 Å². The van der Waals surface area contributed by atoms with Crippen LogP contribution in [-0.2, 0) is 10.1 Å². The highest BCUT2D eigenvalue weighted by Gasteiger charge is 2.19. The standard InChI is InChI=1S/C6H15NO3S/c1-3-4-5-6(7-2)11(8,9)10/h6-7H,3-5H2,1-2H3,(H,8,9,10). The zero-order chi connectivity index (χ0) is 8.91. The summed E-state index contributed by atoms with van der Waals surface area (Å²) >= 11 is 0. The Kier molecular flexibility index (Phi) is 4.63. The minimum atomic E-state index is -3.90. The molecule has 0 aliphatic carbocycles. The van der Waals surface area contributed by atoms with Crippen molar-refractivity contribution < 1.29 is 13.0 Å². The van der Waals surface area contributed by atoms with Crippen molar-refractivity contribution in [3.63, 3.8) is 0 Å². The van der Waals surface area contributed by atoms with E-state index in [-0.39, 0.29) is 0 Å². The second-order valence-electron chi connectivity index (χ2n) is 2.43. The van der Waals surface area contributed by atoms with E-state index in [0.29, 0.717) is 6.42 Å². The first kappa shape index (κ1) is 10.9. The molecular weight excluding hydrogens is 166 g/mol. The maximum atomic E-state index is 10.6. The van der Waals surface area contributed by atoms with Gasteiger partial charge in [-0.05, 0) is 13.5 Å². The van der Waals surface area contributed by atoms with Gasteiger partial charge in [-0.25, -0.2) is 0 Å². The first-order valence-electron chi connectivity index (χ1n) is 3.66. The molecule has 11 heavy (non-hydrogen) atoms. The molecule has 0 amide bonds. The van der Waals surface area contributed by atoms with E-state index in [9.17, 15) is 8.42 Å². The average molecular weight is 181 g/mol. The van der Waals surface area contributed by atoms with Gasteiger partial charge in [0.15, 0.2) is 0 Å². The smallest absolute Gasteiger partial charge is 0.281 e. The third-order valence-electron chi connectivity index (χ3n) is 1.50. The summed E-state index contributed by atoms with van der Waals surface area (Å²) in [5.74, 6) is 0. The van der Waals surface area contributed by atoms with E-state index in [0.717, 1.165) is 12.8 Å². The number of nitrogens with one attached hydrogen (secondary N) is 1. The lowest BCUT2D eigenvalue weighted by atomic mass is 10.2. The lowest BCUT2D eigenvalue weighted by molar-refractivity contribution is 0.446. The zero-order valence-electron chi connectivity index (χ0n) is 6.87. The molecule has 0 aromatic heterocycles. The number of rotatable bonds is 5. The molecule has 4 nitrogen and oxygen atoms in total. The number of hydrogen-bond donors (Lipinski definition) is 2. The quantitative estimate of drug-likeness (QED) is 0.610. The van der Waals surface area contributed by atoms with Crippen LogP contribution in [0.4, 0.5) is 0 Å². The Morgan fingerprint density at radius 3 is 2.36 bits per heavy atom. The summed E-state index contributed by atoms with van der Waals surface area (Å²) < 4.78 is 29.7. The molecule has 0 heterocycles. The zero-order valence-corrected chi connectivity index (χ0v) is 7.69. The van der Waals surface area contributed by atoms with E-state index in [1.807, 2.05) is 6.92 Å². The first-order chi connectivity index (χ1) is 5.02. The lowest BCUT2D eigenvalue weighted by Crippen LogP contribution is -2.33. The van der Waals surface area contributed by atoms with Gasteiger partial charge in [-0.1, -0.05) is 19.8 Å². The van der Waals surface area contributed by atoms with Crippen LogP contribution in [-0.4, -0.2) is 25.4 Å². The van der Waals surface area contributed by atoms with Crippen LogP contribution in [0.25, 0.3) is 0 Å². The van der Waals surface area contributed by atoms with Gasteiger partial charge in [-0.2, -0.15) is 8.42 Å². The molecule has 0 saturated heterocycles. The van der Waals surface area contributed by atoms with E-state index in [2.05, 4.69) is 5.32 Å². The highest BCUT2D eigenvalue weighted by Crippen LogP contribution is 2.04. The van der Waals surface area contributed by atoms with Crippen molar-refractivity contribution >= 4 is 10.1 Å². The Balaban J connectivity index is 3.97. The molecule has 0 rings (SSSR count). The van der Waals surface area contributed by atoms with E-state index in [1.54, 1.807) is 0 Å². The monoisotopic (exact) mass is 181 g/mol. The van der Waals surface area contributed by atoms with Gasteiger partial charge < -0.3 is 5.32 Å². The van der Waals surface area contributed by atoms with Crippen LogP contribution in [0.2, 0.25) is 0 Å². The Bertz CT molecular complexity index is 188.